The van der Waals surface area contributed by atoms with E-state index in [0.717, 1.165) is 32.6 Å². The van der Waals surface area contributed by atoms with Crippen molar-refractivity contribution in [3.8, 4) is 0 Å². The van der Waals surface area contributed by atoms with Crippen LogP contribution in [0.1, 0.15) is 32.3 Å². The second kappa shape index (κ2) is 14.2. The van der Waals surface area contributed by atoms with Gasteiger partial charge in [0.1, 0.15) is 0 Å². The van der Waals surface area contributed by atoms with Gasteiger partial charge in [-0.15, -0.1) is 35.6 Å². The number of rotatable bonds is 12. The monoisotopic (exact) mass is 380 g/mol. The van der Waals surface area contributed by atoms with Crippen LogP contribution in [-0.2, 0) is 6.42 Å². The number of anilines is 1. The lowest BCUT2D eigenvalue weighted by Gasteiger charge is -2.23. The first-order chi connectivity index (χ1) is 10.7. The Hall–Kier alpha value is -0.150. The highest BCUT2D eigenvalue weighted by Crippen LogP contribution is 2.17. The average Bonchev–Trinajstić information content (AvgIpc) is 2.55. The van der Waals surface area contributed by atoms with Gasteiger partial charge in [-0.2, -0.15) is 0 Å². The second-order valence-electron chi connectivity index (χ2n) is 5.52. The molecule has 0 atom stereocenters. The Balaban J connectivity index is 0.00000484. The highest BCUT2D eigenvalue weighted by atomic mass is 35.5. The fourth-order valence-electron chi connectivity index (χ4n) is 2.65. The summed E-state index contributed by atoms with van der Waals surface area (Å²) in [6.07, 6.45) is 3.68. The van der Waals surface area contributed by atoms with E-state index in [1.807, 2.05) is 0 Å². The molecule has 1 aromatic carbocycles. The predicted molar refractivity (Wildman–Crippen MR) is 108 cm³/mol. The maximum atomic E-state index is 5.86. The van der Waals surface area contributed by atoms with E-state index in [4.69, 9.17) is 23.2 Å². The molecule has 0 heterocycles. The summed E-state index contributed by atoms with van der Waals surface area (Å²) in [4.78, 5) is 4.73. The van der Waals surface area contributed by atoms with E-state index in [1.165, 1.54) is 30.6 Å². The lowest BCUT2D eigenvalue weighted by molar-refractivity contribution is 0.297. The Morgan fingerprint density at radius 1 is 0.826 bits per heavy atom. The minimum atomic E-state index is 0. The van der Waals surface area contributed by atoms with Gasteiger partial charge in [-0.05, 0) is 56.6 Å². The van der Waals surface area contributed by atoms with Crippen molar-refractivity contribution in [1.29, 1.82) is 0 Å². The van der Waals surface area contributed by atoms with Gasteiger partial charge in [0, 0.05) is 30.5 Å². The van der Waals surface area contributed by atoms with Crippen LogP contribution in [0.4, 0.5) is 5.69 Å². The second-order valence-corrected chi connectivity index (χ2v) is 6.27. The van der Waals surface area contributed by atoms with Crippen LogP contribution >= 0.6 is 35.6 Å². The van der Waals surface area contributed by atoms with Crippen LogP contribution in [-0.4, -0.2) is 49.4 Å². The molecule has 1 aromatic rings. The molecule has 0 aliphatic rings. The first kappa shape index (κ1) is 22.9. The lowest BCUT2D eigenvalue weighted by Crippen LogP contribution is -2.27. The molecule has 0 unspecified atom stereocenters. The Morgan fingerprint density at radius 2 is 1.39 bits per heavy atom. The molecule has 0 amide bonds. The summed E-state index contributed by atoms with van der Waals surface area (Å²) in [6, 6.07) is 8.86. The third kappa shape index (κ3) is 9.05. The fraction of sp³-hybridized carbons (Fsp3) is 0.667. The smallest absolute Gasteiger partial charge is 0.0399 e. The van der Waals surface area contributed by atoms with E-state index in [-0.39, 0.29) is 12.4 Å². The number of alkyl halides is 2. The zero-order valence-corrected chi connectivity index (χ0v) is 16.8. The van der Waals surface area contributed by atoms with Gasteiger partial charge >= 0.3 is 0 Å². The molecule has 0 saturated heterocycles. The van der Waals surface area contributed by atoms with E-state index in [9.17, 15) is 0 Å². The van der Waals surface area contributed by atoms with Gasteiger partial charge in [-0.1, -0.05) is 26.0 Å². The van der Waals surface area contributed by atoms with Crippen LogP contribution in [0.2, 0.25) is 0 Å². The van der Waals surface area contributed by atoms with Gasteiger partial charge in [-0.25, -0.2) is 0 Å². The van der Waals surface area contributed by atoms with Crippen LogP contribution in [0.25, 0.3) is 0 Å². The molecule has 0 aliphatic carbocycles. The van der Waals surface area contributed by atoms with Gasteiger partial charge in [-0.3, -0.25) is 0 Å². The number of halogens is 3. The molecule has 0 bridgehead atoms. The molecule has 0 saturated carbocycles. The van der Waals surface area contributed by atoms with Crippen molar-refractivity contribution >= 4 is 41.3 Å². The van der Waals surface area contributed by atoms with Crippen LogP contribution in [0.3, 0.4) is 0 Å². The molecule has 5 heteroatoms. The lowest BCUT2D eigenvalue weighted by atomic mass is 10.1. The summed E-state index contributed by atoms with van der Waals surface area (Å²) >= 11 is 11.7. The quantitative estimate of drug-likeness (QED) is 0.369. The predicted octanol–water partition coefficient (Wildman–Crippen LogP) is 5.06. The van der Waals surface area contributed by atoms with Crippen molar-refractivity contribution in [1.82, 2.24) is 4.90 Å². The van der Waals surface area contributed by atoms with E-state index < -0.39 is 0 Å². The molecule has 2 nitrogen and oxygen atoms in total. The van der Waals surface area contributed by atoms with E-state index in [2.05, 4.69) is 47.9 Å². The molecule has 0 aromatic heterocycles. The van der Waals surface area contributed by atoms with Crippen molar-refractivity contribution in [2.24, 2.45) is 0 Å². The summed E-state index contributed by atoms with van der Waals surface area (Å²) in [5.74, 6) is 1.26. The van der Waals surface area contributed by atoms with Crippen LogP contribution in [0.15, 0.2) is 24.3 Å². The Bertz CT molecular complexity index is 374. The van der Waals surface area contributed by atoms with Crippen molar-refractivity contribution in [3.63, 3.8) is 0 Å². The van der Waals surface area contributed by atoms with Crippen LogP contribution in [0, 0.1) is 0 Å². The third-order valence-electron chi connectivity index (χ3n) is 4.09. The molecule has 0 aliphatic heterocycles. The van der Waals surface area contributed by atoms with Crippen molar-refractivity contribution in [2.75, 3.05) is 49.4 Å². The number of hydrogen-bond donors (Lipinski definition) is 0. The maximum absolute atomic E-state index is 5.86. The standard InChI is InChI=1S/C18H30Cl2N2.ClH/c1-3-21(4-2)14-6-5-7-17-8-10-18(11-9-17)22(15-12-19)16-13-20;/h8-11H,3-7,12-16H2,1-2H3;1H. The molecule has 0 spiro atoms. The first-order valence-electron chi connectivity index (χ1n) is 8.43. The maximum Gasteiger partial charge on any atom is 0.0399 e. The Kier molecular flexibility index (Phi) is 14.1. The van der Waals surface area contributed by atoms with E-state index in [0.29, 0.717) is 11.8 Å². The summed E-state index contributed by atoms with van der Waals surface area (Å²) in [6.45, 7) is 9.68. The Labute approximate surface area is 158 Å². The molecule has 1 rings (SSSR count). The van der Waals surface area contributed by atoms with Gasteiger partial charge in [0.2, 0.25) is 0 Å². The molecular formula is C18H31Cl3N2. The molecular weight excluding hydrogens is 351 g/mol. The zero-order valence-electron chi connectivity index (χ0n) is 14.4. The topological polar surface area (TPSA) is 6.48 Å². The fourth-order valence-corrected chi connectivity index (χ4v) is 3.06. The van der Waals surface area contributed by atoms with Crippen LogP contribution < -0.4 is 4.90 Å². The summed E-state index contributed by atoms with van der Waals surface area (Å²) in [7, 11) is 0. The SMILES string of the molecule is CCN(CC)CCCCc1ccc(N(CCCl)CCCl)cc1.Cl. The molecule has 0 radical (unpaired) electrons. The van der Waals surface area contributed by atoms with Gasteiger partial charge in [0.25, 0.3) is 0 Å². The van der Waals surface area contributed by atoms with E-state index >= 15 is 0 Å². The highest BCUT2D eigenvalue weighted by Gasteiger charge is 2.05. The van der Waals surface area contributed by atoms with Crippen LogP contribution in [0.5, 0.6) is 0 Å². The van der Waals surface area contributed by atoms with Crippen molar-refractivity contribution < 1.29 is 0 Å². The summed E-state index contributed by atoms with van der Waals surface area (Å²) in [5.41, 5.74) is 2.63. The van der Waals surface area contributed by atoms with Gasteiger partial charge in [0.05, 0.1) is 0 Å². The van der Waals surface area contributed by atoms with Gasteiger partial charge in [0.15, 0.2) is 0 Å². The van der Waals surface area contributed by atoms with Crippen molar-refractivity contribution in [3.05, 3.63) is 29.8 Å². The number of unbranched alkanes of at least 4 members (excludes halogenated alkanes) is 1. The molecule has 23 heavy (non-hydrogen) atoms. The summed E-state index contributed by atoms with van der Waals surface area (Å²) < 4.78 is 0. The minimum absolute atomic E-state index is 0. The number of benzene rings is 1. The molecule has 134 valence electrons. The average molecular weight is 382 g/mol. The largest absolute Gasteiger partial charge is 0.369 e. The third-order valence-corrected chi connectivity index (χ3v) is 4.43. The molecule has 0 N–H and O–H groups in total. The minimum Gasteiger partial charge on any atom is -0.369 e. The van der Waals surface area contributed by atoms with E-state index in [1.54, 1.807) is 0 Å². The molecule has 0 fully saturated rings. The zero-order chi connectivity index (χ0) is 16.2. The number of hydrogen-bond acceptors (Lipinski definition) is 2. The number of aryl methyl sites for hydroxylation is 1. The first-order valence-corrected chi connectivity index (χ1v) is 9.50. The highest BCUT2D eigenvalue weighted by molar-refractivity contribution is 6.18. The summed E-state index contributed by atoms with van der Waals surface area (Å²) in [5, 5.41) is 0. The van der Waals surface area contributed by atoms with Gasteiger partial charge < -0.3 is 9.80 Å². The van der Waals surface area contributed by atoms with Crippen molar-refractivity contribution in [2.45, 2.75) is 33.1 Å². The Morgan fingerprint density at radius 3 is 1.87 bits per heavy atom. The number of nitrogens with zero attached hydrogens (tertiary/aromatic N) is 2. The normalized spacial score (nSPS) is 10.7.